The molecule has 9 heteroatoms. The molecule has 6 unspecified atom stereocenters. The lowest BCUT2D eigenvalue weighted by Crippen LogP contribution is -2.53. The number of methoxy groups -OCH3 is 1. The van der Waals surface area contributed by atoms with E-state index in [1.165, 1.54) is 18.1 Å². The van der Waals surface area contributed by atoms with Crippen LogP contribution in [0.3, 0.4) is 0 Å². The van der Waals surface area contributed by atoms with Gasteiger partial charge in [-0.3, -0.25) is 29.5 Å². The number of aromatic hydroxyl groups is 1. The molecule has 51 heavy (non-hydrogen) atoms. The molecule has 4 aromatic carbocycles. The normalized spacial score (nSPS) is 26.8. The van der Waals surface area contributed by atoms with Crippen LogP contribution in [-0.2, 0) is 31.0 Å². The number of amides is 4. The number of nitrogens with zero attached hydrogens (tertiary/aromatic N) is 2. The average molecular weight is 682 g/mol. The Balaban J connectivity index is 1.31. The van der Waals surface area contributed by atoms with Gasteiger partial charge in [-0.2, -0.15) is 5.01 Å². The van der Waals surface area contributed by atoms with Crippen molar-refractivity contribution in [3.05, 3.63) is 131 Å². The maximum Gasteiger partial charge on any atom is 0.260 e. The molecular weight excluding hydrogens is 642 g/mol. The highest BCUT2D eigenvalue weighted by Crippen LogP contribution is 2.65. The lowest BCUT2D eigenvalue weighted by Gasteiger charge is -2.50. The molecule has 9 nitrogen and oxygen atoms in total. The maximum absolute atomic E-state index is 15.2. The molecule has 4 aromatic rings. The predicted octanol–water partition coefficient (Wildman–Crippen LogP) is 6.46. The molecule has 2 N–H and O–H groups in total. The van der Waals surface area contributed by atoms with Gasteiger partial charge in [0.05, 0.1) is 41.7 Å². The number of hydrogen-bond donors (Lipinski definition) is 2. The number of allylic oxidation sites excluding steroid dienone is 2. The summed E-state index contributed by atoms with van der Waals surface area (Å²) in [5.41, 5.74) is 6.72. The summed E-state index contributed by atoms with van der Waals surface area (Å²) < 4.78 is 5.42. The van der Waals surface area contributed by atoms with Gasteiger partial charge in [-0.15, -0.1) is 0 Å². The van der Waals surface area contributed by atoms with Gasteiger partial charge in [0, 0.05) is 17.5 Å². The molecule has 8 rings (SSSR count). The van der Waals surface area contributed by atoms with Gasteiger partial charge < -0.3 is 9.84 Å². The van der Waals surface area contributed by atoms with Gasteiger partial charge in [0.15, 0.2) is 0 Å². The van der Waals surface area contributed by atoms with Crippen LogP contribution in [0.25, 0.3) is 0 Å². The molecule has 4 amide bonds. The average Bonchev–Trinajstić information content (AvgIpc) is 3.53. The molecule has 0 aromatic heterocycles. The van der Waals surface area contributed by atoms with Crippen LogP contribution in [0.4, 0.5) is 11.4 Å². The van der Waals surface area contributed by atoms with Crippen molar-refractivity contribution < 1.29 is 29.0 Å². The predicted molar refractivity (Wildman–Crippen MR) is 192 cm³/mol. The molecule has 6 atom stereocenters. The minimum atomic E-state index is -1.47. The van der Waals surface area contributed by atoms with Crippen molar-refractivity contribution in [2.45, 2.75) is 44.4 Å². The first-order chi connectivity index (χ1) is 24.7. The summed E-state index contributed by atoms with van der Waals surface area (Å²) in [6.45, 7) is 4.00. The summed E-state index contributed by atoms with van der Waals surface area (Å²) in [5.74, 6) is -4.73. The molecule has 4 aliphatic rings. The zero-order valence-electron chi connectivity index (χ0n) is 28.7. The zero-order chi connectivity index (χ0) is 35.6. The van der Waals surface area contributed by atoms with Gasteiger partial charge in [0.1, 0.15) is 11.5 Å². The summed E-state index contributed by atoms with van der Waals surface area (Å²) >= 11 is 0. The summed E-state index contributed by atoms with van der Waals surface area (Å²) in [4.78, 5) is 59.9. The van der Waals surface area contributed by atoms with E-state index in [0.717, 1.165) is 28.1 Å². The number of rotatable bonds is 7. The number of imide groups is 2. The van der Waals surface area contributed by atoms with Gasteiger partial charge in [0.2, 0.25) is 11.8 Å². The van der Waals surface area contributed by atoms with Crippen molar-refractivity contribution in [3.8, 4) is 11.5 Å². The first-order valence-electron chi connectivity index (χ1n) is 17.5. The molecule has 2 heterocycles. The zero-order valence-corrected chi connectivity index (χ0v) is 28.7. The minimum absolute atomic E-state index is 0.0891. The number of anilines is 2. The fourth-order valence-electron chi connectivity index (χ4n) is 9.12. The van der Waals surface area contributed by atoms with Crippen molar-refractivity contribution in [2.24, 2.45) is 23.7 Å². The van der Waals surface area contributed by atoms with Crippen molar-refractivity contribution in [1.29, 1.82) is 0 Å². The summed E-state index contributed by atoms with van der Waals surface area (Å²) in [6, 6.07) is 29.2. The Bertz CT molecular complexity index is 2090. The highest BCUT2D eigenvalue weighted by Gasteiger charge is 2.70. The SMILES string of the molecule is CCc1ccc(N2C(=O)C3CC=C4C(CC5C(=O)N(Nc6ccc(C)cc6)C(=O)C5(c5ccccc5)C4c4ccc(OC)cc4O)C3C2=O)cc1. The first kappa shape index (κ1) is 32.5. The number of carbonyl (C=O) groups is 4. The standard InChI is InChI=1S/C42H39N3O6/c1-4-25-12-16-28(17-13-25)44-38(47)32-21-20-30-33(36(32)40(44)49)23-34-39(48)45(43-27-14-10-24(2)11-15-27)41(50)42(34,26-8-6-5-7-9-26)37(30)31-19-18-29(51-3)22-35(31)46/h5-20,22,32-34,36-37,43,46H,4,21,23H2,1-3H3. The number of fused-ring (bicyclic) bond motifs is 4. The van der Waals surface area contributed by atoms with Crippen LogP contribution in [0, 0.1) is 30.6 Å². The van der Waals surface area contributed by atoms with Gasteiger partial charge in [-0.1, -0.05) is 84.8 Å². The van der Waals surface area contributed by atoms with Crippen molar-refractivity contribution in [3.63, 3.8) is 0 Å². The third-order valence-electron chi connectivity index (χ3n) is 11.5. The quantitative estimate of drug-likeness (QED) is 0.170. The second-order valence-electron chi connectivity index (χ2n) is 14.0. The molecule has 0 radical (unpaired) electrons. The van der Waals surface area contributed by atoms with Crippen LogP contribution in [0.2, 0.25) is 0 Å². The Morgan fingerprint density at radius 2 is 1.59 bits per heavy atom. The molecule has 1 saturated carbocycles. The van der Waals surface area contributed by atoms with Crippen LogP contribution in [-0.4, -0.2) is 40.9 Å². The van der Waals surface area contributed by atoms with E-state index in [1.807, 2.05) is 98.8 Å². The minimum Gasteiger partial charge on any atom is -0.508 e. The van der Waals surface area contributed by atoms with E-state index in [2.05, 4.69) is 5.43 Å². The molecule has 2 saturated heterocycles. The number of hydrazine groups is 1. The highest BCUT2D eigenvalue weighted by molar-refractivity contribution is 6.22. The first-order valence-corrected chi connectivity index (χ1v) is 17.5. The molecule has 2 aliphatic heterocycles. The van der Waals surface area contributed by atoms with Crippen molar-refractivity contribution in [1.82, 2.24) is 5.01 Å². The van der Waals surface area contributed by atoms with E-state index in [9.17, 15) is 19.5 Å². The van der Waals surface area contributed by atoms with Crippen LogP contribution in [0.1, 0.15) is 47.9 Å². The van der Waals surface area contributed by atoms with Crippen molar-refractivity contribution >= 4 is 35.0 Å². The van der Waals surface area contributed by atoms with Crippen LogP contribution in [0.15, 0.2) is 109 Å². The summed E-state index contributed by atoms with van der Waals surface area (Å²) in [5, 5.41) is 12.8. The van der Waals surface area contributed by atoms with Crippen LogP contribution in [0.5, 0.6) is 11.5 Å². The highest BCUT2D eigenvalue weighted by atomic mass is 16.5. The molecule has 2 aliphatic carbocycles. The van der Waals surface area contributed by atoms with E-state index in [1.54, 1.807) is 12.1 Å². The molecule has 3 fully saturated rings. The lowest BCUT2D eigenvalue weighted by molar-refractivity contribution is -0.138. The molecular formula is C42H39N3O6. The van der Waals surface area contributed by atoms with Gasteiger partial charge in [0.25, 0.3) is 11.8 Å². The number of carbonyl (C=O) groups excluding carboxylic acids is 4. The molecule has 0 spiro atoms. The summed E-state index contributed by atoms with van der Waals surface area (Å²) in [7, 11) is 1.51. The topological polar surface area (TPSA) is 116 Å². The second kappa shape index (κ2) is 12.3. The number of ether oxygens (including phenoxy) is 1. The lowest BCUT2D eigenvalue weighted by atomic mass is 9.49. The van der Waals surface area contributed by atoms with E-state index in [0.29, 0.717) is 34.7 Å². The van der Waals surface area contributed by atoms with Gasteiger partial charge in [-0.05, 0) is 73.6 Å². The largest absolute Gasteiger partial charge is 0.508 e. The third-order valence-corrected chi connectivity index (χ3v) is 11.5. The second-order valence-corrected chi connectivity index (χ2v) is 14.0. The Labute approximate surface area is 296 Å². The van der Waals surface area contributed by atoms with Crippen LogP contribution >= 0.6 is 0 Å². The van der Waals surface area contributed by atoms with Gasteiger partial charge >= 0.3 is 0 Å². The summed E-state index contributed by atoms with van der Waals surface area (Å²) in [6.07, 6.45) is 3.29. The molecule has 258 valence electrons. The Kier molecular flexibility index (Phi) is 7.81. The Morgan fingerprint density at radius 3 is 2.25 bits per heavy atom. The van der Waals surface area contributed by atoms with E-state index in [4.69, 9.17) is 4.74 Å². The number of hydrogen-bond acceptors (Lipinski definition) is 7. The third kappa shape index (κ3) is 4.82. The van der Waals surface area contributed by atoms with E-state index >= 15 is 4.79 Å². The fraction of sp³-hybridized carbons (Fsp3) is 0.286. The van der Waals surface area contributed by atoms with E-state index < -0.39 is 46.8 Å². The molecule has 0 bridgehead atoms. The van der Waals surface area contributed by atoms with Crippen LogP contribution < -0.4 is 15.1 Å². The Hall–Kier alpha value is -5.70. The monoisotopic (exact) mass is 681 g/mol. The number of aryl methyl sites for hydroxylation is 2. The number of phenols is 1. The van der Waals surface area contributed by atoms with E-state index in [-0.39, 0.29) is 24.0 Å². The fourth-order valence-corrected chi connectivity index (χ4v) is 9.12. The number of phenolic OH excluding ortho intramolecular Hbond substituents is 1. The van der Waals surface area contributed by atoms with Crippen molar-refractivity contribution in [2.75, 3.05) is 17.4 Å². The number of benzene rings is 4. The smallest absolute Gasteiger partial charge is 0.260 e. The number of nitrogens with one attached hydrogen (secondary N) is 1. The maximum atomic E-state index is 15.2. The Morgan fingerprint density at radius 1 is 0.863 bits per heavy atom. The van der Waals surface area contributed by atoms with Gasteiger partial charge in [-0.25, -0.2) is 0 Å².